The monoisotopic (exact) mass is 222 g/mol. The van der Waals surface area contributed by atoms with Crippen molar-refractivity contribution in [3.05, 3.63) is 35.6 Å². The Morgan fingerprint density at radius 3 is 2.36 bits per heavy atom. The molecule has 1 heterocycles. The van der Waals surface area contributed by atoms with Gasteiger partial charge in [0.25, 0.3) is 0 Å². The van der Waals surface area contributed by atoms with Crippen LogP contribution >= 0.6 is 0 Å². The number of aliphatic carboxylic acids is 1. The van der Waals surface area contributed by atoms with Gasteiger partial charge in [-0.3, -0.25) is 0 Å². The predicted octanol–water partition coefficient (Wildman–Crippen LogP) is 0.702. The molecule has 0 bridgehead atoms. The van der Waals surface area contributed by atoms with Crippen LogP contribution in [-0.4, -0.2) is 68.6 Å². The Kier molecular flexibility index (Phi) is 4.24. The van der Waals surface area contributed by atoms with Gasteiger partial charge in [-0.1, -0.05) is 12.1 Å². The molecule has 5 heteroatoms. The van der Waals surface area contributed by atoms with Crippen LogP contribution in [0.5, 0.6) is 0 Å². The Hall–Kier alpha value is 0.216. The van der Waals surface area contributed by atoms with Crippen LogP contribution in [0.1, 0.15) is 11.7 Å². The molecule has 3 nitrogen and oxygen atoms in total. The molecule has 2 atom stereocenters. The zero-order chi connectivity index (χ0) is 9.42. The van der Waals surface area contributed by atoms with Crippen LogP contribution in [0.4, 0.5) is 4.39 Å². The summed E-state index contributed by atoms with van der Waals surface area (Å²) in [5.74, 6) is -1.31. The number of ether oxygens (including phenoxy) is 1. The van der Waals surface area contributed by atoms with Crippen molar-refractivity contribution < 1.29 is 19.0 Å². The van der Waals surface area contributed by atoms with E-state index in [9.17, 15) is 9.18 Å². The maximum absolute atomic E-state index is 12.5. The topological polar surface area (TPSA) is 49.8 Å². The van der Waals surface area contributed by atoms with Gasteiger partial charge in [-0.05, 0) is 17.7 Å². The Morgan fingerprint density at radius 2 is 1.93 bits per heavy atom. The van der Waals surface area contributed by atoms with Gasteiger partial charge in [0.2, 0.25) is 0 Å². The summed E-state index contributed by atoms with van der Waals surface area (Å²) in [5.41, 5.74) is 0.703. The Balaban J connectivity index is 0.000000980. The number of hydrogen-bond donors (Lipinski definition) is 1. The van der Waals surface area contributed by atoms with Gasteiger partial charge in [-0.2, -0.15) is 0 Å². The first-order valence-electron chi connectivity index (χ1n) is 3.82. The summed E-state index contributed by atoms with van der Waals surface area (Å²) in [6.45, 7) is 0. The van der Waals surface area contributed by atoms with Crippen LogP contribution in [0, 0.1) is 5.82 Å². The summed E-state index contributed by atoms with van der Waals surface area (Å²) in [6, 6.07) is 5.64. The van der Waals surface area contributed by atoms with E-state index >= 15 is 0 Å². The Morgan fingerprint density at radius 1 is 1.36 bits per heavy atom. The number of halogens is 1. The van der Waals surface area contributed by atoms with Crippen LogP contribution in [-0.2, 0) is 9.53 Å². The van der Waals surface area contributed by atoms with Crippen LogP contribution in [0.2, 0.25) is 0 Å². The minimum absolute atomic E-state index is 0. The van der Waals surface area contributed by atoms with Crippen molar-refractivity contribution in [1.82, 2.24) is 0 Å². The minimum atomic E-state index is -0.977. The van der Waals surface area contributed by atoms with E-state index in [-0.39, 0.29) is 57.2 Å². The fourth-order valence-electron chi connectivity index (χ4n) is 1.21. The molecule has 0 aliphatic carbocycles. The van der Waals surface area contributed by atoms with Crippen LogP contribution in [0.15, 0.2) is 24.3 Å². The molecule has 1 aliphatic rings. The molecule has 0 amide bonds. The third kappa shape index (κ3) is 2.62. The molecule has 1 N–H and O–H groups in total. The molecule has 1 aliphatic heterocycles. The van der Waals surface area contributed by atoms with Crippen molar-refractivity contribution in [2.45, 2.75) is 12.2 Å². The van der Waals surface area contributed by atoms with E-state index < -0.39 is 18.2 Å². The molecule has 14 heavy (non-hydrogen) atoms. The third-order valence-electron chi connectivity index (χ3n) is 1.93. The first-order valence-corrected chi connectivity index (χ1v) is 3.82. The van der Waals surface area contributed by atoms with Crippen molar-refractivity contribution in [2.24, 2.45) is 0 Å². The number of benzene rings is 1. The zero-order valence-electron chi connectivity index (χ0n) is 6.61. The Labute approximate surface area is 123 Å². The molecular weight excluding hydrogens is 214 g/mol. The second kappa shape index (κ2) is 4.83. The third-order valence-corrected chi connectivity index (χ3v) is 1.93. The van der Waals surface area contributed by atoms with E-state index in [0.29, 0.717) is 5.56 Å². The summed E-state index contributed by atoms with van der Waals surface area (Å²) < 4.78 is 17.4. The molecule has 0 spiro atoms. The first-order chi connectivity index (χ1) is 6.18. The molecule has 0 aromatic heterocycles. The van der Waals surface area contributed by atoms with E-state index in [4.69, 9.17) is 9.84 Å². The van der Waals surface area contributed by atoms with E-state index in [0.717, 1.165) is 0 Å². The second-order valence-corrected chi connectivity index (χ2v) is 2.87. The number of hydrogen-bond acceptors (Lipinski definition) is 2. The summed E-state index contributed by atoms with van der Waals surface area (Å²) >= 11 is 0. The molecule has 1 aromatic rings. The van der Waals surface area contributed by atoms with Gasteiger partial charge in [0, 0.05) is 0 Å². The van der Waals surface area contributed by atoms with Gasteiger partial charge in [0.15, 0.2) is 6.10 Å². The van der Waals surface area contributed by atoms with Crippen molar-refractivity contribution in [1.29, 1.82) is 0 Å². The van der Waals surface area contributed by atoms with Crippen LogP contribution in [0.25, 0.3) is 0 Å². The van der Waals surface area contributed by atoms with Gasteiger partial charge in [0.1, 0.15) is 11.9 Å². The zero-order valence-corrected chi connectivity index (χ0v) is 6.61. The molecule has 1 aromatic carbocycles. The summed E-state index contributed by atoms with van der Waals surface area (Å²) in [7, 11) is 0. The molecule has 2 unspecified atom stereocenters. The average Bonchev–Trinajstić information content (AvgIpc) is 2.85. The number of epoxide rings is 1. The molecule has 0 saturated carbocycles. The summed E-state index contributed by atoms with van der Waals surface area (Å²) in [5, 5.41) is 8.54. The molecule has 70 valence electrons. The van der Waals surface area contributed by atoms with E-state index in [1.165, 1.54) is 24.3 Å². The number of rotatable bonds is 2. The van der Waals surface area contributed by atoms with Crippen molar-refractivity contribution >= 4 is 57.4 Å². The van der Waals surface area contributed by atoms with Gasteiger partial charge in [-0.25, -0.2) is 9.18 Å². The first kappa shape index (κ1) is 12.3. The maximum atomic E-state index is 12.5. The fourth-order valence-corrected chi connectivity index (χ4v) is 1.21. The average molecular weight is 222 g/mol. The number of carbonyl (C=O) groups is 1. The van der Waals surface area contributed by atoms with Gasteiger partial charge in [0.05, 0.1) is 0 Å². The summed E-state index contributed by atoms with van der Waals surface area (Å²) in [6.07, 6.45) is -1.16. The van der Waals surface area contributed by atoms with Crippen molar-refractivity contribution in [3.8, 4) is 0 Å². The van der Waals surface area contributed by atoms with E-state index in [1.807, 2.05) is 0 Å². The molecule has 1 saturated heterocycles. The van der Waals surface area contributed by atoms with Crippen molar-refractivity contribution in [3.63, 3.8) is 0 Å². The standard InChI is InChI=1S/C9H7FO3.K.H/c10-6-3-1-5(2-4-6)7-8(13-7)9(11)12;;/h1-4,7-8H,(H,11,12);;. The fraction of sp³-hybridized carbons (Fsp3) is 0.222. The van der Waals surface area contributed by atoms with E-state index in [2.05, 4.69) is 0 Å². The normalized spacial score (nSPS) is 23.8. The molecule has 2 rings (SSSR count). The Bertz CT molecular complexity index is 338. The van der Waals surface area contributed by atoms with Crippen LogP contribution < -0.4 is 0 Å². The quantitative estimate of drug-likeness (QED) is 0.592. The predicted molar refractivity (Wildman–Crippen MR) is 48.8 cm³/mol. The van der Waals surface area contributed by atoms with Crippen LogP contribution in [0.3, 0.4) is 0 Å². The number of carboxylic acid groups (broad SMARTS) is 1. The molecular formula is C9H8FKO3. The SMILES string of the molecule is O=C(O)C1OC1c1ccc(F)cc1.[KH]. The summed E-state index contributed by atoms with van der Waals surface area (Å²) in [4.78, 5) is 10.4. The van der Waals surface area contributed by atoms with Gasteiger partial charge in [-0.15, -0.1) is 0 Å². The van der Waals surface area contributed by atoms with E-state index in [1.54, 1.807) is 0 Å². The number of carboxylic acids is 1. The van der Waals surface area contributed by atoms with Gasteiger partial charge < -0.3 is 9.84 Å². The van der Waals surface area contributed by atoms with Gasteiger partial charge >= 0.3 is 57.4 Å². The molecule has 1 fully saturated rings. The molecule has 0 radical (unpaired) electrons. The van der Waals surface area contributed by atoms with Crippen molar-refractivity contribution in [2.75, 3.05) is 0 Å². The second-order valence-electron chi connectivity index (χ2n) is 2.87.